The summed E-state index contributed by atoms with van der Waals surface area (Å²) >= 11 is 0. The van der Waals surface area contributed by atoms with Crippen molar-refractivity contribution < 1.29 is 14.6 Å². The summed E-state index contributed by atoms with van der Waals surface area (Å²) in [6.07, 6.45) is 2.39. The molecule has 0 bridgehead atoms. The Bertz CT molecular complexity index is 441. The number of hydrogen-bond donors (Lipinski definition) is 2. The fourth-order valence-corrected chi connectivity index (χ4v) is 2.75. The Morgan fingerprint density at radius 2 is 2.00 bits per heavy atom. The van der Waals surface area contributed by atoms with Crippen molar-refractivity contribution in [3.8, 4) is 5.75 Å². The van der Waals surface area contributed by atoms with E-state index in [1.54, 1.807) is 24.3 Å². The van der Waals surface area contributed by atoms with Crippen LogP contribution in [0.4, 0.5) is 0 Å². The van der Waals surface area contributed by atoms with Gasteiger partial charge in [-0.1, -0.05) is 6.92 Å². The van der Waals surface area contributed by atoms with Crippen LogP contribution < -0.4 is 10.1 Å². The summed E-state index contributed by atoms with van der Waals surface area (Å²) < 4.78 is 5.71. The molecule has 1 aromatic rings. The van der Waals surface area contributed by atoms with E-state index in [-0.39, 0.29) is 5.56 Å². The number of aromatic carboxylic acids is 1. The van der Waals surface area contributed by atoms with Gasteiger partial charge in [-0.05, 0) is 56.7 Å². The molecule has 0 aromatic heterocycles. The number of nitrogens with one attached hydrogen (secondary N) is 1. The number of carboxylic acids is 1. The molecule has 21 heavy (non-hydrogen) atoms. The average Bonchev–Trinajstić information content (AvgIpc) is 2.53. The molecule has 0 saturated carbocycles. The van der Waals surface area contributed by atoms with Crippen molar-refractivity contribution in [1.29, 1.82) is 0 Å². The SMILES string of the molecule is CCN(CCOc1ccc(C(=O)O)cc1)C1CCNCC1. The van der Waals surface area contributed by atoms with E-state index in [0.29, 0.717) is 12.6 Å². The fourth-order valence-electron chi connectivity index (χ4n) is 2.75. The molecule has 1 aliphatic rings. The van der Waals surface area contributed by atoms with Crippen LogP contribution in [0.1, 0.15) is 30.1 Å². The Morgan fingerprint density at radius 1 is 1.33 bits per heavy atom. The number of carbonyl (C=O) groups is 1. The van der Waals surface area contributed by atoms with E-state index in [1.807, 2.05) is 0 Å². The van der Waals surface area contributed by atoms with Crippen LogP contribution in [0.3, 0.4) is 0 Å². The predicted molar refractivity (Wildman–Crippen MR) is 82.0 cm³/mol. The summed E-state index contributed by atoms with van der Waals surface area (Å²) in [6.45, 7) is 6.94. The van der Waals surface area contributed by atoms with Crippen LogP contribution in [0.25, 0.3) is 0 Å². The number of benzene rings is 1. The minimum atomic E-state index is -0.912. The lowest BCUT2D eigenvalue weighted by Gasteiger charge is -2.33. The zero-order valence-electron chi connectivity index (χ0n) is 12.5. The van der Waals surface area contributed by atoms with E-state index >= 15 is 0 Å². The maximum atomic E-state index is 10.8. The van der Waals surface area contributed by atoms with Crippen LogP contribution in [0.2, 0.25) is 0 Å². The number of hydrogen-bond acceptors (Lipinski definition) is 4. The van der Waals surface area contributed by atoms with Crippen molar-refractivity contribution in [2.24, 2.45) is 0 Å². The van der Waals surface area contributed by atoms with Crippen molar-refractivity contribution in [1.82, 2.24) is 10.2 Å². The molecule has 5 heteroatoms. The normalized spacial score (nSPS) is 16.1. The summed E-state index contributed by atoms with van der Waals surface area (Å²) in [4.78, 5) is 13.2. The molecule has 5 nitrogen and oxygen atoms in total. The fraction of sp³-hybridized carbons (Fsp3) is 0.562. The third-order valence-corrected chi connectivity index (χ3v) is 3.98. The highest BCUT2D eigenvalue weighted by Crippen LogP contribution is 2.14. The molecule has 2 rings (SSSR count). The van der Waals surface area contributed by atoms with Crippen LogP contribution in [-0.2, 0) is 0 Å². The second-order valence-corrected chi connectivity index (χ2v) is 5.29. The molecule has 0 unspecified atom stereocenters. The van der Waals surface area contributed by atoms with Crippen molar-refractivity contribution in [2.45, 2.75) is 25.8 Å². The zero-order chi connectivity index (χ0) is 15.1. The van der Waals surface area contributed by atoms with Gasteiger partial charge in [-0.15, -0.1) is 0 Å². The number of likely N-dealkylation sites (N-methyl/N-ethyl adjacent to an activating group) is 1. The number of rotatable bonds is 7. The summed E-state index contributed by atoms with van der Waals surface area (Å²) in [5.41, 5.74) is 0.284. The molecule has 1 aliphatic heterocycles. The lowest BCUT2D eigenvalue weighted by Crippen LogP contribution is -2.44. The van der Waals surface area contributed by atoms with Gasteiger partial charge in [-0.3, -0.25) is 4.90 Å². The van der Waals surface area contributed by atoms with Crippen LogP contribution in [0.15, 0.2) is 24.3 Å². The van der Waals surface area contributed by atoms with Crippen molar-refractivity contribution in [3.05, 3.63) is 29.8 Å². The van der Waals surface area contributed by atoms with Gasteiger partial charge in [0.05, 0.1) is 5.56 Å². The van der Waals surface area contributed by atoms with E-state index in [2.05, 4.69) is 17.1 Å². The topological polar surface area (TPSA) is 61.8 Å². The molecule has 2 N–H and O–H groups in total. The summed E-state index contributed by atoms with van der Waals surface area (Å²) in [7, 11) is 0. The number of nitrogens with zero attached hydrogens (tertiary/aromatic N) is 1. The molecular formula is C16H24N2O3. The van der Waals surface area contributed by atoms with Crippen LogP contribution in [0, 0.1) is 0 Å². The highest BCUT2D eigenvalue weighted by Gasteiger charge is 2.19. The van der Waals surface area contributed by atoms with E-state index in [1.165, 1.54) is 12.8 Å². The summed E-state index contributed by atoms with van der Waals surface area (Å²) in [5.74, 6) is -0.189. The highest BCUT2D eigenvalue weighted by atomic mass is 16.5. The van der Waals surface area contributed by atoms with Gasteiger partial charge in [0, 0.05) is 12.6 Å². The third kappa shape index (κ3) is 4.72. The molecule has 0 radical (unpaired) electrons. The van der Waals surface area contributed by atoms with E-state index in [4.69, 9.17) is 9.84 Å². The Labute approximate surface area is 125 Å². The Kier molecular flexibility index (Phi) is 6.02. The predicted octanol–water partition coefficient (Wildman–Crippen LogP) is 1.84. The van der Waals surface area contributed by atoms with Crippen molar-refractivity contribution in [2.75, 3.05) is 32.8 Å². The third-order valence-electron chi connectivity index (χ3n) is 3.98. The van der Waals surface area contributed by atoms with Crippen molar-refractivity contribution in [3.63, 3.8) is 0 Å². The Morgan fingerprint density at radius 3 is 2.57 bits per heavy atom. The molecule has 0 spiro atoms. The standard InChI is InChI=1S/C16H24N2O3/c1-2-18(14-7-9-17-10-8-14)11-12-21-15-5-3-13(4-6-15)16(19)20/h3-6,14,17H,2,7-12H2,1H3,(H,19,20). The van der Waals surface area contributed by atoms with Gasteiger partial charge in [0.2, 0.25) is 0 Å². The molecule has 1 aromatic carbocycles. The van der Waals surface area contributed by atoms with E-state index in [9.17, 15) is 4.79 Å². The molecule has 0 aliphatic carbocycles. The highest BCUT2D eigenvalue weighted by molar-refractivity contribution is 5.87. The first-order chi connectivity index (χ1) is 10.2. The second kappa shape index (κ2) is 8.00. The number of ether oxygens (including phenoxy) is 1. The molecule has 1 fully saturated rings. The second-order valence-electron chi connectivity index (χ2n) is 5.29. The molecule has 0 atom stereocenters. The zero-order valence-corrected chi connectivity index (χ0v) is 12.5. The first kappa shape index (κ1) is 15.8. The quantitative estimate of drug-likeness (QED) is 0.803. The largest absolute Gasteiger partial charge is 0.492 e. The minimum absolute atomic E-state index is 0.284. The van der Waals surface area contributed by atoms with Crippen LogP contribution >= 0.6 is 0 Å². The maximum Gasteiger partial charge on any atom is 0.335 e. The van der Waals surface area contributed by atoms with Crippen LogP contribution in [-0.4, -0.2) is 54.8 Å². The lowest BCUT2D eigenvalue weighted by atomic mass is 10.1. The van der Waals surface area contributed by atoms with Crippen LogP contribution in [0.5, 0.6) is 5.75 Å². The number of piperidine rings is 1. The lowest BCUT2D eigenvalue weighted by molar-refractivity contribution is 0.0697. The first-order valence-electron chi connectivity index (χ1n) is 7.61. The Hall–Kier alpha value is -1.59. The van der Waals surface area contributed by atoms with E-state index < -0.39 is 5.97 Å². The van der Waals surface area contributed by atoms with Gasteiger partial charge in [0.1, 0.15) is 12.4 Å². The van der Waals surface area contributed by atoms with Crippen molar-refractivity contribution >= 4 is 5.97 Å². The average molecular weight is 292 g/mol. The number of carboxylic acid groups (broad SMARTS) is 1. The Balaban J connectivity index is 1.77. The molecule has 0 amide bonds. The monoisotopic (exact) mass is 292 g/mol. The van der Waals surface area contributed by atoms with Gasteiger partial charge in [-0.2, -0.15) is 0 Å². The smallest absolute Gasteiger partial charge is 0.335 e. The van der Waals surface area contributed by atoms with Gasteiger partial charge in [0.25, 0.3) is 0 Å². The molecule has 116 valence electrons. The molecular weight excluding hydrogens is 268 g/mol. The molecule has 1 heterocycles. The summed E-state index contributed by atoms with van der Waals surface area (Å²) in [6, 6.07) is 7.22. The van der Waals surface area contributed by atoms with Gasteiger partial charge in [0.15, 0.2) is 0 Å². The maximum absolute atomic E-state index is 10.8. The first-order valence-corrected chi connectivity index (χ1v) is 7.61. The van der Waals surface area contributed by atoms with Gasteiger partial charge in [-0.25, -0.2) is 4.79 Å². The summed E-state index contributed by atoms with van der Waals surface area (Å²) in [5, 5.41) is 12.2. The minimum Gasteiger partial charge on any atom is -0.492 e. The van der Waals surface area contributed by atoms with E-state index in [0.717, 1.165) is 31.9 Å². The van der Waals surface area contributed by atoms with Gasteiger partial charge >= 0.3 is 5.97 Å². The molecule has 1 saturated heterocycles. The van der Waals surface area contributed by atoms with Gasteiger partial charge < -0.3 is 15.2 Å².